The zero-order valence-corrected chi connectivity index (χ0v) is 9.05. The summed E-state index contributed by atoms with van der Waals surface area (Å²) in [4.78, 5) is 0. The molecule has 2 rings (SSSR count). The number of nitrogens with two attached hydrogens (primary N) is 1. The van der Waals surface area contributed by atoms with Crippen molar-refractivity contribution in [1.82, 2.24) is 0 Å². The van der Waals surface area contributed by atoms with Gasteiger partial charge in [-0.25, -0.2) is 0 Å². The molecule has 2 N–H and O–H groups in total. The normalized spacial score (nSPS) is 44.3. The summed E-state index contributed by atoms with van der Waals surface area (Å²) >= 11 is 0. The van der Waals surface area contributed by atoms with E-state index in [1.807, 2.05) is 0 Å². The predicted octanol–water partition coefficient (Wildman–Crippen LogP) is 2.80. The van der Waals surface area contributed by atoms with E-state index in [1.54, 1.807) is 0 Å². The molecule has 0 heterocycles. The van der Waals surface area contributed by atoms with E-state index in [4.69, 9.17) is 5.73 Å². The summed E-state index contributed by atoms with van der Waals surface area (Å²) in [6, 6.07) is 0. The second-order valence-electron chi connectivity index (χ2n) is 5.47. The molecule has 3 unspecified atom stereocenters. The molecule has 2 fully saturated rings. The number of hydrogen-bond acceptors (Lipinski definition) is 1. The molecule has 1 heteroatoms. The molecule has 0 amide bonds. The summed E-state index contributed by atoms with van der Waals surface area (Å²) in [6.45, 7) is 5.72. The first-order chi connectivity index (χ1) is 6.20. The van der Waals surface area contributed by atoms with E-state index in [9.17, 15) is 0 Å². The highest BCUT2D eigenvalue weighted by Crippen LogP contribution is 2.65. The first-order valence-corrected chi connectivity index (χ1v) is 5.91. The lowest BCUT2D eigenvalue weighted by molar-refractivity contribution is 0.143. The fourth-order valence-electron chi connectivity index (χ4n) is 3.77. The van der Waals surface area contributed by atoms with E-state index in [2.05, 4.69) is 13.8 Å². The number of hydrogen-bond donors (Lipinski definition) is 1. The van der Waals surface area contributed by atoms with Crippen molar-refractivity contribution in [2.24, 2.45) is 28.9 Å². The van der Waals surface area contributed by atoms with Crippen molar-refractivity contribution >= 4 is 0 Å². The molecule has 0 aromatic heterocycles. The van der Waals surface area contributed by atoms with Crippen LogP contribution < -0.4 is 5.73 Å². The first kappa shape index (κ1) is 9.51. The van der Waals surface area contributed by atoms with Crippen LogP contribution in [0.4, 0.5) is 0 Å². The van der Waals surface area contributed by atoms with Crippen LogP contribution in [-0.4, -0.2) is 6.54 Å². The minimum atomic E-state index is 0.709. The Hall–Kier alpha value is -0.0400. The second-order valence-corrected chi connectivity index (χ2v) is 5.47. The summed E-state index contributed by atoms with van der Waals surface area (Å²) in [5, 5.41) is 0. The molecule has 2 aliphatic carbocycles. The zero-order valence-electron chi connectivity index (χ0n) is 9.05. The Morgan fingerprint density at radius 2 is 2.15 bits per heavy atom. The van der Waals surface area contributed by atoms with Gasteiger partial charge in [-0.15, -0.1) is 0 Å². The van der Waals surface area contributed by atoms with Crippen LogP contribution in [-0.2, 0) is 0 Å². The largest absolute Gasteiger partial charge is 0.330 e. The van der Waals surface area contributed by atoms with Gasteiger partial charge in [0.25, 0.3) is 0 Å². The standard InChI is InChI=1S/C12H23N/c1-9(2)11-5-3-4-6-12(11)7-10(12)8-13/h9-11H,3-8,13H2,1-2H3. The average molecular weight is 181 g/mol. The van der Waals surface area contributed by atoms with Gasteiger partial charge in [-0.2, -0.15) is 0 Å². The summed E-state index contributed by atoms with van der Waals surface area (Å²) in [7, 11) is 0. The van der Waals surface area contributed by atoms with Gasteiger partial charge in [0.05, 0.1) is 0 Å². The lowest BCUT2D eigenvalue weighted by Gasteiger charge is -2.36. The minimum absolute atomic E-state index is 0.709. The second kappa shape index (κ2) is 3.27. The van der Waals surface area contributed by atoms with E-state index in [0.717, 1.165) is 24.3 Å². The lowest BCUT2D eigenvalue weighted by atomic mass is 9.70. The quantitative estimate of drug-likeness (QED) is 0.696. The van der Waals surface area contributed by atoms with Gasteiger partial charge in [0.2, 0.25) is 0 Å². The van der Waals surface area contributed by atoms with Crippen LogP contribution in [0.2, 0.25) is 0 Å². The molecule has 0 aromatic rings. The molecular weight excluding hydrogens is 158 g/mol. The Kier molecular flexibility index (Phi) is 2.39. The van der Waals surface area contributed by atoms with Crippen molar-refractivity contribution < 1.29 is 0 Å². The topological polar surface area (TPSA) is 26.0 Å². The Bertz CT molecular complexity index is 188. The summed E-state index contributed by atoms with van der Waals surface area (Å²) in [5.41, 5.74) is 6.51. The van der Waals surface area contributed by atoms with Gasteiger partial charge in [0.1, 0.15) is 0 Å². The molecule has 76 valence electrons. The maximum atomic E-state index is 5.80. The molecule has 1 nitrogen and oxygen atoms in total. The van der Waals surface area contributed by atoms with E-state index in [-0.39, 0.29) is 0 Å². The third kappa shape index (κ3) is 1.41. The smallest absolute Gasteiger partial charge is 0.00432 e. The van der Waals surface area contributed by atoms with Crippen molar-refractivity contribution in [3.05, 3.63) is 0 Å². The van der Waals surface area contributed by atoms with Crippen LogP contribution in [0.5, 0.6) is 0 Å². The summed E-state index contributed by atoms with van der Waals surface area (Å²) in [5.74, 6) is 2.73. The van der Waals surface area contributed by atoms with Gasteiger partial charge in [0.15, 0.2) is 0 Å². The van der Waals surface area contributed by atoms with Crippen LogP contribution in [0.3, 0.4) is 0 Å². The maximum absolute atomic E-state index is 5.80. The van der Waals surface area contributed by atoms with E-state index in [1.165, 1.54) is 32.1 Å². The lowest BCUT2D eigenvalue weighted by Crippen LogP contribution is -2.28. The summed E-state index contributed by atoms with van der Waals surface area (Å²) < 4.78 is 0. The highest BCUT2D eigenvalue weighted by atomic mass is 14.7. The van der Waals surface area contributed by atoms with Gasteiger partial charge in [-0.05, 0) is 49.0 Å². The molecule has 0 aromatic carbocycles. The Morgan fingerprint density at radius 1 is 1.38 bits per heavy atom. The van der Waals surface area contributed by atoms with Crippen molar-refractivity contribution in [3.63, 3.8) is 0 Å². The predicted molar refractivity (Wildman–Crippen MR) is 56.4 cm³/mol. The molecule has 0 aliphatic heterocycles. The Balaban J connectivity index is 2.07. The molecule has 13 heavy (non-hydrogen) atoms. The molecule has 3 atom stereocenters. The molecule has 0 saturated heterocycles. The highest BCUT2D eigenvalue weighted by molar-refractivity contribution is 5.08. The van der Waals surface area contributed by atoms with Crippen LogP contribution in [0.1, 0.15) is 46.0 Å². The molecule has 2 saturated carbocycles. The Morgan fingerprint density at radius 3 is 2.69 bits per heavy atom. The van der Waals surface area contributed by atoms with Crippen LogP contribution in [0, 0.1) is 23.2 Å². The highest BCUT2D eigenvalue weighted by Gasteiger charge is 2.58. The van der Waals surface area contributed by atoms with Crippen molar-refractivity contribution in [1.29, 1.82) is 0 Å². The zero-order chi connectivity index (χ0) is 9.47. The van der Waals surface area contributed by atoms with Gasteiger partial charge >= 0.3 is 0 Å². The fourth-order valence-corrected chi connectivity index (χ4v) is 3.77. The molecule has 0 radical (unpaired) electrons. The third-order valence-electron chi connectivity index (χ3n) is 4.51. The molecule has 0 bridgehead atoms. The van der Waals surface area contributed by atoms with Crippen LogP contribution in [0.25, 0.3) is 0 Å². The SMILES string of the molecule is CC(C)C1CCCCC12CC2CN. The van der Waals surface area contributed by atoms with Gasteiger partial charge in [0, 0.05) is 0 Å². The molecule has 1 spiro atoms. The van der Waals surface area contributed by atoms with Crippen molar-refractivity contribution in [3.8, 4) is 0 Å². The summed E-state index contributed by atoms with van der Waals surface area (Å²) in [6.07, 6.45) is 7.29. The van der Waals surface area contributed by atoms with E-state index >= 15 is 0 Å². The van der Waals surface area contributed by atoms with E-state index < -0.39 is 0 Å². The fraction of sp³-hybridized carbons (Fsp3) is 1.00. The monoisotopic (exact) mass is 181 g/mol. The number of rotatable bonds is 2. The minimum Gasteiger partial charge on any atom is -0.330 e. The van der Waals surface area contributed by atoms with E-state index in [0.29, 0.717) is 5.41 Å². The third-order valence-corrected chi connectivity index (χ3v) is 4.51. The van der Waals surface area contributed by atoms with Gasteiger partial charge in [-0.3, -0.25) is 0 Å². The van der Waals surface area contributed by atoms with Crippen LogP contribution in [0.15, 0.2) is 0 Å². The van der Waals surface area contributed by atoms with Crippen LogP contribution >= 0.6 is 0 Å². The van der Waals surface area contributed by atoms with Gasteiger partial charge < -0.3 is 5.73 Å². The van der Waals surface area contributed by atoms with Crippen molar-refractivity contribution in [2.75, 3.05) is 6.54 Å². The maximum Gasteiger partial charge on any atom is -0.00432 e. The Labute approximate surface area is 82.1 Å². The molecule has 2 aliphatic rings. The van der Waals surface area contributed by atoms with Gasteiger partial charge in [-0.1, -0.05) is 26.7 Å². The average Bonchev–Trinajstić information content (AvgIpc) is 2.79. The van der Waals surface area contributed by atoms with Crippen molar-refractivity contribution in [2.45, 2.75) is 46.0 Å². The first-order valence-electron chi connectivity index (χ1n) is 5.91. The molecular formula is C12H23N.